The van der Waals surface area contributed by atoms with Gasteiger partial charge in [-0.2, -0.15) is 0 Å². The van der Waals surface area contributed by atoms with Gasteiger partial charge in [-0.05, 0) is 19.2 Å². The van der Waals surface area contributed by atoms with Gasteiger partial charge in [-0.15, -0.1) is 11.6 Å². The molecule has 0 amide bonds. The Bertz CT molecular complexity index is 543. The Morgan fingerprint density at radius 1 is 1.22 bits per heavy atom. The van der Waals surface area contributed by atoms with Gasteiger partial charge in [0.05, 0.1) is 11.6 Å². The first kappa shape index (κ1) is 11.8. The Morgan fingerprint density at radius 3 is 2.72 bits per heavy atom. The highest BCUT2D eigenvalue weighted by Crippen LogP contribution is 2.24. The lowest BCUT2D eigenvalue weighted by Gasteiger charge is -2.33. The first-order valence-corrected chi connectivity index (χ1v) is 6.78. The molecule has 2 aromatic heterocycles. The molecule has 3 rings (SSSR count). The van der Waals surface area contributed by atoms with E-state index in [1.807, 2.05) is 24.4 Å². The average molecular weight is 265 g/mol. The lowest BCUT2D eigenvalue weighted by atomic mass is 10.3. The average Bonchev–Trinajstić information content (AvgIpc) is 2.78. The predicted molar refractivity (Wildman–Crippen MR) is 74.5 cm³/mol. The van der Waals surface area contributed by atoms with E-state index in [1.165, 1.54) is 0 Å². The second-order valence-electron chi connectivity index (χ2n) is 4.73. The van der Waals surface area contributed by atoms with Crippen molar-refractivity contribution in [2.75, 3.05) is 38.1 Å². The van der Waals surface area contributed by atoms with Crippen molar-refractivity contribution in [2.24, 2.45) is 0 Å². The molecule has 0 radical (unpaired) electrons. The highest BCUT2D eigenvalue weighted by atomic mass is 35.5. The Hall–Kier alpha value is -1.26. The molecule has 0 bridgehead atoms. The Balaban J connectivity index is 2.00. The van der Waals surface area contributed by atoms with E-state index in [2.05, 4.69) is 21.2 Å². The summed E-state index contributed by atoms with van der Waals surface area (Å²) < 4.78 is 2.08. The van der Waals surface area contributed by atoms with Gasteiger partial charge in [-0.1, -0.05) is 6.07 Å². The van der Waals surface area contributed by atoms with Crippen LogP contribution < -0.4 is 4.90 Å². The molecule has 18 heavy (non-hydrogen) atoms. The molecule has 5 heteroatoms. The van der Waals surface area contributed by atoms with Crippen molar-refractivity contribution in [2.45, 2.75) is 5.88 Å². The molecule has 0 N–H and O–H groups in total. The molecule has 0 unspecified atom stereocenters. The van der Waals surface area contributed by atoms with E-state index in [0.717, 1.165) is 43.3 Å². The zero-order chi connectivity index (χ0) is 12.5. The lowest BCUT2D eigenvalue weighted by molar-refractivity contribution is 0.312. The molecule has 2 aromatic rings. The summed E-state index contributed by atoms with van der Waals surface area (Å²) in [5, 5.41) is 0. The standard InChI is InChI=1S/C13H17ClN4/c1-16-6-8-17(9-7-16)13-11(10-14)18-5-3-2-4-12(18)15-13/h2-5H,6-10H2,1H3. The number of aromatic nitrogens is 2. The first-order valence-electron chi connectivity index (χ1n) is 6.25. The van der Waals surface area contributed by atoms with Crippen LogP contribution in [-0.2, 0) is 5.88 Å². The van der Waals surface area contributed by atoms with Crippen LogP contribution >= 0.6 is 11.6 Å². The van der Waals surface area contributed by atoms with E-state index in [9.17, 15) is 0 Å². The largest absolute Gasteiger partial charge is 0.352 e. The molecule has 1 aliphatic heterocycles. The number of hydrogen-bond donors (Lipinski definition) is 0. The summed E-state index contributed by atoms with van der Waals surface area (Å²) in [6.45, 7) is 4.19. The summed E-state index contributed by atoms with van der Waals surface area (Å²) in [6.07, 6.45) is 2.03. The van der Waals surface area contributed by atoms with E-state index in [0.29, 0.717) is 5.88 Å². The Morgan fingerprint density at radius 2 is 2.00 bits per heavy atom. The van der Waals surface area contributed by atoms with Crippen LogP contribution in [0.3, 0.4) is 0 Å². The summed E-state index contributed by atoms with van der Waals surface area (Å²) in [7, 11) is 2.16. The molecule has 3 heterocycles. The monoisotopic (exact) mass is 264 g/mol. The molecule has 0 atom stereocenters. The molecule has 0 aliphatic carbocycles. The zero-order valence-corrected chi connectivity index (χ0v) is 11.3. The number of anilines is 1. The fourth-order valence-corrected chi connectivity index (χ4v) is 2.68. The van der Waals surface area contributed by atoms with Crippen LogP contribution in [0.15, 0.2) is 24.4 Å². The van der Waals surface area contributed by atoms with E-state index < -0.39 is 0 Å². The number of rotatable bonds is 2. The number of fused-ring (bicyclic) bond motifs is 1. The first-order chi connectivity index (χ1) is 8.79. The van der Waals surface area contributed by atoms with E-state index in [4.69, 9.17) is 16.6 Å². The normalized spacial score (nSPS) is 17.6. The summed E-state index contributed by atoms with van der Waals surface area (Å²) in [4.78, 5) is 9.40. The summed E-state index contributed by atoms with van der Waals surface area (Å²) in [5.74, 6) is 1.54. The van der Waals surface area contributed by atoms with Crippen molar-refractivity contribution in [3.63, 3.8) is 0 Å². The van der Waals surface area contributed by atoms with Gasteiger partial charge in [0.15, 0.2) is 5.82 Å². The SMILES string of the molecule is CN1CCN(c2nc3ccccn3c2CCl)CC1. The van der Waals surface area contributed by atoms with Gasteiger partial charge in [0.25, 0.3) is 0 Å². The van der Waals surface area contributed by atoms with Crippen LogP contribution in [0.5, 0.6) is 0 Å². The molecule has 0 spiro atoms. The van der Waals surface area contributed by atoms with Crippen LogP contribution in [0.4, 0.5) is 5.82 Å². The maximum Gasteiger partial charge on any atom is 0.152 e. The van der Waals surface area contributed by atoms with Gasteiger partial charge in [-0.25, -0.2) is 4.98 Å². The Labute approximate surface area is 112 Å². The van der Waals surface area contributed by atoms with Crippen LogP contribution in [0.1, 0.15) is 5.69 Å². The van der Waals surface area contributed by atoms with Crippen molar-refractivity contribution in [1.82, 2.24) is 14.3 Å². The van der Waals surface area contributed by atoms with Gasteiger partial charge in [-0.3, -0.25) is 0 Å². The molecule has 4 nitrogen and oxygen atoms in total. The van der Waals surface area contributed by atoms with Gasteiger partial charge in [0.1, 0.15) is 5.65 Å². The van der Waals surface area contributed by atoms with Crippen molar-refractivity contribution in [1.29, 1.82) is 0 Å². The third-order valence-electron chi connectivity index (χ3n) is 3.54. The molecule has 1 aliphatic rings. The minimum Gasteiger partial charge on any atom is -0.352 e. The van der Waals surface area contributed by atoms with Crippen molar-refractivity contribution in [3.05, 3.63) is 30.1 Å². The molecule has 0 aromatic carbocycles. The van der Waals surface area contributed by atoms with Crippen molar-refractivity contribution >= 4 is 23.1 Å². The third-order valence-corrected chi connectivity index (χ3v) is 3.79. The molecule has 1 fully saturated rings. The second kappa shape index (κ2) is 4.78. The van der Waals surface area contributed by atoms with Crippen molar-refractivity contribution < 1.29 is 0 Å². The minimum absolute atomic E-state index is 0.493. The molecule has 1 saturated heterocycles. The smallest absolute Gasteiger partial charge is 0.152 e. The van der Waals surface area contributed by atoms with Gasteiger partial charge in [0, 0.05) is 32.4 Å². The molecular formula is C13H17ClN4. The summed E-state index contributed by atoms with van der Waals surface area (Å²) >= 11 is 6.10. The fraction of sp³-hybridized carbons (Fsp3) is 0.462. The fourth-order valence-electron chi connectivity index (χ4n) is 2.43. The number of likely N-dealkylation sites (N-methyl/N-ethyl adjacent to an activating group) is 1. The third kappa shape index (κ3) is 1.95. The second-order valence-corrected chi connectivity index (χ2v) is 5.00. The maximum absolute atomic E-state index is 6.10. The topological polar surface area (TPSA) is 23.8 Å². The van der Waals surface area contributed by atoms with E-state index in [1.54, 1.807) is 0 Å². The quantitative estimate of drug-likeness (QED) is 0.774. The summed E-state index contributed by atoms with van der Waals surface area (Å²) in [6, 6.07) is 6.04. The number of hydrogen-bond acceptors (Lipinski definition) is 3. The Kier molecular flexibility index (Phi) is 3.14. The van der Waals surface area contributed by atoms with E-state index >= 15 is 0 Å². The maximum atomic E-state index is 6.10. The molecule has 96 valence electrons. The van der Waals surface area contributed by atoms with Gasteiger partial charge in [0.2, 0.25) is 0 Å². The predicted octanol–water partition coefficient (Wildman–Crippen LogP) is 1.82. The number of nitrogens with zero attached hydrogens (tertiary/aromatic N) is 4. The van der Waals surface area contributed by atoms with Crippen LogP contribution in [0.2, 0.25) is 0 Å². The number of piperazine rings is 1. The molecule has 0 saturated carbocycles. The number of alkyl halides is 1. The number of pyridine rings is 1. The van der Waals surface area contributed by atoms with Crippen LogP contribution in [0, 0.1) is 0 Å². The zero-order valence-electron chi connectivity index (χ0n) is 10.5. The number of halogens is 1. The van der Waals surface area contributed by atoms with Crippen LogP contribution in [0.25, 0.3) is 5.65 Å². The molecular weight excluding hydrogens is 248 g/mol. The highest BCUT2D eigenvalue weighted by Gasteiger charge is 2.20. The number of imidazole rings is 1. The van der Waals surface area contributed by atoms with Gasteiger partial charge >= 0.3 is 0 Å². The van der Waals surface area contributed by atoms with Gasteiger partial charge < -0.3 is 14.2 Å². The minimum atomic E-state index is 0.493. The summed E-state index contributed by atoms with van der Waals surface area (Å²) in [5.41, 5.74) is 2.07. The lowest BCUT2D eigenvalue weighted by Crippen LogP contribution is -2.45. The van der Waals surface area contributed by atoms with Crippen molar-refractivity contribution in [3.8, 4) is 0 Å². The van der Waals surface area contributed by atoms with E-state index in [-0.39, 0.29) is 0 Å². The van der Waals surface area contributed by atoms with Crippen LogP contribution in [-0.4, -0.2) is 47.5 Å². The highest BCUT2D eigenvalue weighted by molar-refractivity contribution is 6.17.